The van der Waals surface area contributed by atoms with Crippen molar-refractivity contribution in [3.05, 3.63) is 107 Å². The Kier molecular flexibility index (Phi) is 5.57. The van der Waals surface area contributed by atoms with Gasteiger partial charge in [-0.2, -0.15) is 5.26 Å². The van der Waals surface area contributed by atoms with Crippen molar-refractivity contribution >= 4 is 17.6 Å². The minimum absolute atomic E-state index is 0.0175. The van der Waals surface area contributed by atoms with E-state index in [0.29, 0.717) is 16.7 Å². The molecule has 0 bridgehead atoms. The van der Waals surface area contributed by atoms with Crippen molar-refractivity contribution in [1.82, 2.24) is 4.90 Å². The number of aliphatic imine (C=N–C) groups is 1. The summed E-state index contributed by atoms with van der Waals surface area (Å²) < 4.78 is 0. The molecule has 0 aromatic heterocycles. The maximum Gasteiger partial charge on any atom is 0.266 e. The molecule has 6 nitrogen and oxygen atoms in total. The van der Waals surface area contributed by atoms with Crippen LogP contribution in [0.25, 0.3) is 0 Å². The molecule has 0 aliphatic carbocycles. The minimum atomic E-state index is -1.28. The van der Waals surface area contributed by atoms with E-state index in [-0.39, 0.29) is 30.5 Å². The van der Waals surface area contributed by atoms with Gasteiger partial charge in [-0.1, -0.05) is 66.7 Å². The number of guanidine groups is 1. The number of Topliss-reactive ketones (excluding diaryl/α,β-unsaturated/α-hetero) is 1. The molecule has 0 fully saturated rings. The first-order valence-corrected chi connectivity index (χ1v) is 10.2. The van der Waals surface area contributed by atoms with Crippen molar-refractivity contribution < 1.29 is 9.59 Å². The Labute approximate surface area is 186 Å². The largest absolute Gasteiger partial charge is 0.369 e. The molecule has 3 aromatic carbocycles. The predicted molar refractivity (Wildman–Crippen MR) is 122 cm³/mol. The molecule has 0 spiro atoms. The zero-order chi connectivity index (χ0) is 22.7. The number of nitrogens with two attached hydrogens (primary N) is 1. The number of nitrogens with zero attached hydrogens (tertiary/aromatic N) is 3. The van der Waals surface area contributed by atoms with Gasteiger partial charge in [0.1, 0.15) is 5.78 Å². The zero-order valence-corrected chi connectivity index (χ0v) is 17.7. The number of rotatable bonds is 6. The van der Waals surface area contributed by atoms with Gasteiger partial charge in [0.25, 0.3) is 5.91 Å². The summed E-state index contributed by atoms with van der Waals surface area (Å²) in [5.74, 6) is -0.0698. The van der Waals surface area contributed by atoms with Crippen LogP contribution in [0.3, 0.4) is 0 Å². The maximum absolute atomic E-state index is 13.3. The third kappa shape index (κ3) is 3.77. The van der Waals surface area contributed by atoms with Crippen LogP contribution in [0.5, 0.6) is 0 Å². The standard InChI is InChI=1S/C26H22N4O2/c1-30-24(32)26(29-25(30)28,21-10-3-2-4-11-21)22-12-6-8-19(14-22)16-23(31)15-18-7-5-9-20(13-18)17-27/h2-14H,15-16H2,1H3,(H2,28,29). The maximum atomic E-state index is 13.3. The zero-order valence-electron chi connectivity index (χ0n) is 17.7. The van der Waals surface area contributed by atoms with Crippen molar-refractivity contribution in [2.75, 3.05) is 7.05 Å². The molecule has 0 radical (unpaired) electrons. The number of ketones is 1. The first-order chi connectivity index (χ1) is 15.4. The monoisotopic (exact) mass is 422 g/mol. The van der Waals surface area contributed by atoms with Gasteiger partial charge in [0.05, 0.1) is 11.6 Å². The van der Waals surface area contributed by atoms with Crippen LogP contribution in [0, 0.1) is 11.3 Å². The smallest absolute Gasteiger partial charge is 0.266 e. The fourth-order valence-corrected chi connectivity index (χ4v) is 4.04. The summed E-state index contributed by atoms with van der Waals surface area (Å²) in [6.07, 6.45) is 0.440. The Balaban J connectivity index is 1.66. The lowest BCUT2D eigenvalue weighted by Gasteiger charge is -2.26. The highest BCUT2D eigenvalue weighted by molar-refractivity contribution is 6.08. The number of benzene rings is 3. The quantitative estimate of drug-likeness (QED) is 0.660. The van der Waals surface area contributed by atoms with Crippen LogP contribution in [0.4, 0.5) is 0 Å². The van der Waals surface area contributed by atoms with Crippen LogP contribution in [-0.2, 0) is 28.0 Å². The molecule has 4 rings (SSSR count). The van der Waals surface area contributed by atoms with Gasteiger partial charge in [0.2, 0.25) is 0 Å². The Bertz CT molecular complexity index is 1260. The molecule has 0 saturated carbocycles. The number of carbonyl (C=O) groups is 2. The van der Waals surface area contributed by atoms with Crippen LogP contribution in [0.15, 0.2) is 83.9 Å². The molecule has 1 aliphatic heterocycles. The summed E-state index contributed by atoms with van der Waals surface area (Å²) in [5.41, 5.74) is 8.25. The van der Waals surface area contributed by atoms with Gasteiger partial charge >= 0.3 is 0 Å². The van der Waals surface area contributed by atoms with Crippen LogP contribution in [0.2, 0.25) is 0 Å². The normalized spacial score (nSPS) is 17.7. The fourth-order valence-electron chi connectivity index (χ4n) is 4.04. The molecule has 0 saturated heterocycles. The Morgan fingerprint density at radius 1 is 0.969 bits per heavy atom. The lowest BCUT2D eigenvalue weighted by Crippen LogP contribution is -2.41. The van der Waals surface area contributed by atoms with E-state index in [9.17, 15) is 9.59 Å². The first kappa shape index (κ1) is 21.0. The molecule has 2 N–H and O–H groups in total. The molecular weight excluding hydrogens is 400 g/mol. The molecule has 158 valence electrons. The van der Waals surface area contributed by atoms with E-state index >= 15 is 0 Å². The van der Waals surface area contributed by atoms with E-state index in [2.05, 4.69) is 11.1 Å². The Morgan fingerprint density at radius 2 is 1.59 bits per heavy atom. The van der Waals surface area contributed by atoms with Crippen molar-refractivity contribution in [3.8, 4) is 6.07 Å². The Hall–Kier alpha value is -4.24. The van der Waals surface area contributed by atoms with Crippen molar-refractivity contribution in [3.63, 3.8) is 0 Å². The van der Waals surface area contributed by atoms with Gasteiger partial charge in [-0.25, -0.2) is 4.99 Å². The summed E-state index contributed by atoms with van der Waals surface area (Å²) >= 11 is 0. The van der Waals surface area contributed by atoms with Crippen LogP contribution in [0.1, 0.15) is 27.8 Å². The van der Waals surface area contributed by atoms with Gasteiger partial charge in [-0.15, -0.1) is 0 Å². The number of amides is 1. The average Bonchev–Trinajstić information content (AvgIpc) is 3.04. The molecule has 1 heterocycles. The summed E-state index contributed by atoms with van der Waals surface area (Å²) in [7, 11) is 1.61. The Morgan fingerprint density at radius 3 is 2.22 bits per heavy atom. The lowest BCUT2D eigenvalue weighted by atomic mass is 9.82. The number of carbonyl (C=O) groups excluding carboxylic acids is 2. The highest BCUT2D eigenvalue weighted by atomic mass is 16.2. The van der Waals surface area contributed by atoms with E-state index in [1.54, 1.807) is 25.2 Å². The number of hydrogen-bond donors (Lipinski definition) is 1. The van der Waals surface area contributed by atoms with Crippen LogP contribution < -0.4 is 5.73 Å². The van der Waals surface area contributed by atoms with E-state index < -0.39 is 5.54 Å². The van der Waals surface area contributed by atoms with E-state index in [4.69, 9.17) is 11.0 Å². The average molecular weight is 422 g/mol. The molecule has 1 aliphatic rings. The third-order valence-corrected chi connectivity index (χ3v) is 5.64. The van der Waals surface area contributed by atoms with Crippen LogP contribution >= 0.6 is 0 Å². The summed E-state index contributed by atoms with van der Waals surface area (Å²) in [5, 5.41) is 9.06. The number of likely N-dealkylation sites (N-methyl/N-ethyl adjacent to an activating group) is 1. The van der Waals surface area contributed by atoms with Crippen molar-refractivity contribution in [2.45, 2.75) is 18.4 Å². The molecule has 6 heteroatoms. The first-order valence-electron chi connectivity index (χ1n) is 10.2. The molecule has 3 aromatic rings. The summed E-state index contributed by atoms with van der Waals surface area (Å²) in [4.78, 5) is 32.0. The van der Waals surface area contributed by atoms with Gasteiger partial charge in [0.15, 0.2) is 11.5 Å². The second-order valence-electron chi connectivity index (χ2n) is 7.82. The molecule has 1 atom stereocenters. The lowest BCUT2D eigenvalue weighted by molar-refractivity contribution is -0.129. The van der Waals surface area contributed by atoms with E-state index in [0.717, 1.165) is 11.1 Å². The molecular formula is C26H22N4O2. The molecule has 1 unspecified atom stereocenters. The number of hydrogen-bond acceptors (Lipinski definition) is 5. The highest BCUT2D eigenvalue weighted by Gasteiger charge is 2.49. The van der Waals surface area contributed by atoms with E-state index in [1.807, 2.05) is 60.7 Å². The summed E-state index contributed by atoms with van der Waals surface area (Å²) in [6.45, 7) is 0. The van der Waals surface area contributed by atoms with Gasteiger partial charge in [0, 0.05) is 19.9 Å². The second-order valence-corrected chi connectivity index (χ2v) is 7.82. The van der Waals surface area contributed by atoms with Crippen molar-refractivity contribution in [2.24, 2.45) is 10.7 Å². The fraction of sp³-hybridized carbons (Fsp3) is 0.154. The van der Waals surface area contributed by atoms with Gasteiger partial charge < -0.3 is 5.73 Å². The van der Waals surface area contributed by atoms with Gasteiger partial charge in [-0.3, -0.25) is 14.5 Å². The highest BCUT2D eigenvalue weighted by Crippen LogP contribution is 2.39. The number of nitriles is 1. The summed E-state index contributed by atoms with van der Waals surface area (Å²) in [6, 6.07) is 25.8. The van der Waals surface area contributed by atoms with E-state index in [1.165, 1.54) is 4.90 Å². The minimum Gasteiger partial charge on any atom is -0.369 e. The third-order valence-electron chi connectivity index (χ3n) is 5.64. The molecule has 32 heavy (non-hydrogen) atoms. The van der Waals surface area contributed by atoms with Crippen molar-refractivity contribution in [1.29, 1.82) is 5.26 Å². The molecule has 1 amide bonds. The predicted octanol–water partition coefficient (Wildman–Crippen LogP) is 2.94. The van der Waals surface area contributed by atoms with Gasteiger partial charge in [-0.05, 0) is 34.4 Å². The van der Waals surface area contributed by atoms with Crippen LogP contribution in [-0.4, -0.2) is 29.6 Å². The SMILES string of the molecule is CN1C(=O)C(c2ccccc2)(c2cccc(CC(=O)Cc3cccc(C#N)c3)c2)N=C1N. The topological polar surface area (TPSA) is 99.5 Å². The second kappa shape index (κ2) is 8.48.